The molecule has 19 heavy (non-hydrogen) atoms. The van der Waals surface area contributed by atoms with Crippen LogP contribution in [0.3, 0.4) is 0 Å². The van der Waals surface area contributed by atoms with Gasteiger partial charge in [0.1, 0.15) is 0 Å². The SMILES string of the molecule is CCOc1c(N)cccc1-c1nnnn1C(C)CC. The maximum atomic E-state index is 5.97. The Morgan fingerprint density at radius 1 is 1.37 bits per heavy atom. The zero-order chi connectivity index (χ0) is 13.8. The molecule has 0 spiro atoms. The van der Waals surface area contributed by atoms with Crippen LogP contribution in [-0.2, 0) is 0 Å². The predicted molar refractivity (Wildman–Crippen MR) is 73.8 cm³/mol. The van der Waals surface area contributed by atoms with Crippen molar-refractivity contribution in [3.63, 3.8) is 0 Å². The molecule has 0 aliphatic carbocycles. The van der Waals surface area contributed by atoms with E-state index in [0.29, 0.717) is 23.9 Å². The summed E-state index contributed by atoms with van der Waals surface area (Å²) in [5.41, 5.74) is 7.39. The summed E-state index contributed by atoms with van der Waals surface area (Å²) in [6, 6.07) is 5.83. The van der Waals surface area contributed by atoms with Gasteiger partial charge in [0.15, 0.2) is 11.6 Å². The number of hydrogen-bond acceptors (Lipinski definition) is 5. The van der Waals surface area contributed by atoms with Crippen LogP contribution >= 0.6 is 0 Å². The lowest BCUT2D eigenvalue weighted by atomic mass is 10.1. The number of anilines is 1. The summed E-state index contributed by atoms with van der Waals surface area (Å²) in [7, 11) is 0. The highest BCUT2D eigenvalue weighted by Crippen LogP contribution is 2.34. The quantitative estimate of drug-likeness (QED) is 0.835. The lowest BCUT2D eigenvalue weighted by Crippen LogP contribution is -2.09. The molecule has 0 aliphatic rings. The van der Waals surface area contributed by atoms with Gasteiger partial charge in [0.05, 0.1) is 23.9 Å². The first-order chi connectivity index (χ1) is 9.19. The number of ether oxygens (including phenoxy) is 1. The average Bonchev–Trinajstić information content (AvgIpc) is 2.89. The van der Waals surface area contributed by atoms with Crippen LogP contribution in [0.5, 0.6) is 5.75 Å². The van der Waals surface area contributed by atoms with Gasteiger partial charge in [-0.25, -0.2) is 4.68 Å². The zero-order valence-corrected chi connectivity index (χ0v) is 11.5. The second-order valence-electron chi connectivity index (χ2n) is 4.36. The van der Waals surface area contributed by atoms with E-state index in [-0.39, 0.29) is 6.04 Å². The van der Waals surface area contributed by atoms with E-state index in [0.717, 1.165) is 12.0 Å². The summed E-state index contributed by atoms with van der Waals surface area (Å²) < 4.78 is 7.43. The highest BCUT2D eigenvalue weighted by atomic mass is 16.5. The van der Waals surface area contributed by atoms with E-state index in [1.54, 1.807) is 4.68 Å². The summed E-state index contributed by atoms with van der Waals surface area (Å²) in [4.78, 5) is 0. The Morgan fingerprint density at radius 2 is 2.16 bits per heavy atom. The number of para-hydroxylation sites is 1. The zero-order valence-electron chi connectivity index (χ0n) is 11.5. The number of nitrogens with two attached hydrogens (primary N) is 1. The van der Waals surface area contributed by atoms with Gasteiger partial charge >= 0.3 is 0 Å². The highest BCUT2D eigenvalue weighted by Gasteiger charge is 2.18. The molecule has 1 aromatic carbocycles. The maximum absolute atomic E-state index is 5.97. The van der Waals surface area contributed by atoms with Gasteiger partial charge in [-0.05, 0) is 42.8 Å². The van der Waals surface area contributed by atoms with E-state index < -0.39 is 0 Å². The van der Waals surface area contributed by atoms with Crippen molar-refractivity contribution in [1.82, 2.24) is 20.2 Å². The Labute approximate surface area is 112 Å². The summed E-state index contributed by atoms with van der Waals surface area (Å²) in [6.45, 7) is 6.64. The van der Waals surface area contributed by atoms with Crippen molar-refractivity contribution in [3.05, 3.63) is 18.2 Å². The second-order valence-corrected chi connectivity index (χ2v) is 4.36. The van der Waals surface area contributed by atoms with Crippen LogP contribution < -0.4 is 10.5 Å². The van der Waals surface area contributed by atoms with Crippen molar-refractivity contribution < 1.29 is 4.74 Å². The Hall–Kier alpha value is -2.11. The van der Waals surface area contributed by atoms with Crippen LogP contribution in [0.15, 0.2) is 18.2 Å². The third kappa shape index (κ3) is 2.52. The van der Waals surface area contributed by atoms with Crippen molar-refractivity contribution in [2.24, 2.45) is 0 Å². The van der Waals surface area contributed by atoms with E-state index in [4.69, 9.17) is 10.5 Å². The number of hydrogen-bond donors (Lipinski definition) is 1. The number of tetrazole rings is 1. The van der Waals surface area contributed by atoms with Gasteiger partial charge in [-0.15, -0.1) is 5.10 Å². The van der Waals surface area contributed by atoms with Crippen molar-refractivity contribution in [3.8, 4) is 17.1 Å². The molecule has 0 saturated heterocycles. The van der Waals surface area contributed by atoms with Crippen LogP contribution in [0, 0.1) is 0 Å². The van der Waals surface area contributed by atoms with Gasteiger partial charge in [0.2, 0.25) is 0 Å². The molecule has 0 fully saturated rings. The van der Waals surface area contributed by atoms with Gasteiger partial charge in [0, 0.05) is 0 Å². The Kier molecular flexibility index (Phi) is 3.99. The molecule has 6 heteroatoms. The number of rotatable bonds is 5. The van der Waals surface area contributed by atoms with E-state index in [9.17, 15) is 0 Å². The molecule has 1 heterocycles. The fourth-order valence-corrected chi connectivity index (χ4v) is 1.88. The van der Waals surface area contributed by atoms with Crippen LogP contribution in [0.1, 0.15) is 33.2 Å². The molecule has 2 rings (SSSR count). The fourth-order valence-electron chi connectivity index (χ4n) is 1.88. The van der Waals surface area contributed by atoms with Crippen molar-refractivity contribution in [2.45, 2.75) is 33.2 Å². The number of nitrogens with zero attached hydrogens (tertiary/aromatic N) is 4. The largest absolute Gasteiger partial charge is 0.491 e. The standard InChI is InChI=1S/C13H19N5O/c1-4-9(3)18-13(15-16-17-18)10-7-6-8-11(14)12(10)19-5-2/h6-9H,4-5,14H2,1-3H3. The smallest absolute Gasteiger partial charge is 0.186 e. The molecular weight excluding hydrogens is 242 g/mol. The van der Waals surface area contributed by atoms with Crippen molar-refractivity contribution >= 4 is 5.69 Å². The lowest BCUT2D eigenvalue weighted by molar-refractivity contribution is 0.342. The van der Waals surface area contributed by atoms with Gasteiger partial charge in [-0.2, -0.15) is 0 Å². The van der Waals surface area contributed by atoms with Gasteiger partial charge < -0.3 is 10.5 Å². The normalized spacial score (nSPS) is 12.4. The van der Waals surface area contributed by atoms with Crippen molar-refractivity contribution in [2.75, 3.05) is 12.3 Å². The molecule has 6 nitrogen and oxygen atoms in total. The van der Waals surface area contributed by atoms with Crippen molar-refractivity contribution in [1.29, 1.82) is 0 Å². The summed E-state index contributed by atoms with van der Waals surface area (Å²) in [5.74, 6) is 1.33. The van der Waals surface area contributed by atoms with Crippen LogP contribution in [0.4, 0.5) is 5.69 Å². The molecule has 102 valence electrons. The minimum Gasteiger partial charge on any atom is -0.491 e. The van der Waals surface area contributed by atoms with Crippen LogP contribution in [0.25, 0.3) is 11.4 Å². The monoisotopic (exact) mass is 261 g/mol. The van der Waals surface area contributed by atoms with E-state index in [1.165, 1.54) is 0 Å². The summed E-state index contributed by atoms with van der Waals surface area (Å²) in [6.07, 6.45) is 0.949. The topological polar surface area (TPSA) is 78.8 Å². The van der Waals surface area contributed by atoms with Crippen LogP contribution in [-0.4, -0.2) is 26.8 Å². The van der Waals surface area contributed by atoms with Gasteiger partial charge in [-0.3, -0.25) is 0 Å². The minimum absolute atomic E-state index is 0.223. The van der Waals surface area contributed by atoms with E-state index in [1.807, 2.05) is 25.1 Å². The molecule has 0 saturated carbocycles. The molecular formula is C13H19N5O. The van der Waals surface area contributed by atoms with E-state index >= 15 is 0 Å². The summed E-state index contributed by atoms with van der Waals surface area (Å²) >= 11 is 0. The molecule has 1 unspecified atom stereocenters. The summed E-state index contributed by atoms with van der Waals surface area (Å²) in [5, 5.41) is 11.9. The fraction of sp³-hybridized carbons (Fsp3) is 0.462. The first-order valence-corrected chi connectivity index (χ1v) is 6.48. The minimum atomic E-state index is 0.223. The Morgan fingerprint density at radius 3 is 2.84 bits per heavy atom. The van der Waals surface area contributed by atoms with Gasteiger partial charge in [-0.1, -0.05) is 13.0 Å². The molecule has 0 aliphatic heterocycles. The van der Waals surface area contributed by atoms with Gasteiger partial charge in [0.25, 0.3) is 0 Å². The first-order valence-electron chi connectivity index (χ1n) is 6.48. The molecule has 0 radical (unpaired) electrons. The molecule has 1 atom stereocenters. The molecule has 0 bridgehead atoms. The number of aromatic nitrogens is 4. The first kappa shape index (κ1) is 13.3. The lowest BCUT2D eigenvalue weighted by Gasteiger charge is -2.14. The number of benzene rings is 1. The Bertz CT molecular complexity index is 552. The third-order valence-electron chi connectivity index (χ3n) is 3.08. The highest BCUT2D eigenvalue weighted by molar-refractivity contribution is 5.73. The number of nitrogen functional groups attached to an aromatic ring is 1. The average molecular weight is 261 g/mol. The predicted octanol–water partition coefficient (Wildman–Crippen LogP) is 2.29. The maximum Gasteiger partial charge on any atom is 0.186 e. The third-order valence-corrected chi connectivity index (χ3v) is 3.08. The molecule has 2 N–H and O–H groups in total. The Balaban J connectivity index is 2.53. The second kappa shape index (κ2) is 5.69. The van der Waals surface area contributed by atoms with E-state index in [2.05, 4.69) is 29.4 Å². The van der Waals surface area contributed by atoms with Crippen LogP contribution in [0.2, 0.25) is 0 Å². The molecule has 2 aromatic rings. The molecule has 0 amide bonds. The molecule has 1 aromatic heterocycles.